The van der Waals surface area contributed by atoms with Gasteiger partial charge in [0.1, 0.15) is 5.69 Å². The third-order valence-corrected chi connectivity index (χ3v) is 5.52. The van der Waals surface area contributed by atoms with Gasteiger partial charge < -0.3 is 14.4 Å². The van der Waals surface area contributed by atoms with E-state index in [4.69, 9.17) is 20.9 Å². The third kappa shape index (κ3) is 4.55. The third-order valence-electron chi connectivity index (χ3n) is 5.19. The SMILES string of the molecule is Cc1c(-c2onc(-c3ccccc3Cl)c2COC2CC2)cnn1CCC(C)(C)O. The minimum absolute atomic E-state index is 0.312. The molecule has 0 saturated heterocycles. The van der Waals surface area contributed by atoms with Crippen LogP contribution in [0.25, 0.3) is 22.6 Å². The number of halogens is 1. The summed E-state index contributed by atoms with van der Waals surface area (Å²) < 4.78 is 13.7. The van der Waals surface area contributed by atoms with E-state index in [1.165, 1.54) is 0 Å². The molecular formula is C22H26ClN3O3. The Kier molecular flexibility index (Phi) is 5.51. The Morgan fingerprint density at radius 3 is 2.72 bits per heavy atom. The fraction of sp³-hybridized carbons (Fsp3) is 0.455. The number of ether oxygens (including phenoxy) is 1. The molecule has 1 aromatic carbocycles. The largest absolute Gasteiger partial charge is 0.390 e. The average molecular weight is 416 g/mol. The van der Waals surface area contributed by atoms with Crippen molar-refractivity contribution in [2.24, 2.45) is 0 Å². The Morgan fingerprint density at radius 2 is 2.03 bits per heavy atom. The Balaban J connectivity index is 1.70. The van der Waals surface area contributed by atoms with Crippen LogP contribution in [0.3, 0.4) is 0 Å². The molecule has 0 aliphatic heterocycles. The highest BCUT2D eigenvalue weighted by atomic mass is 35.5. The van der Waals surface area contributed by atoms with Crippen LogP contribution in [-0.2, 0) is 17.9 Å². The summed E-state index contributed by atoms with van der Waals surface area (Å²) in [6, 6.07) is 7.60. The van der Waals surface area contributed by atoms with Gasteiger partial charge in [-0.1, -0.05) is 35.0 Å². The van der Waals surface area contributed by atoms with Gasteiger partial charge in [0.05, 0.1) is 40.7 Å². The summed E-state index contributed by atoms with van der Waals surface area (Å²) in [4.78, 5) is 0. The van der Waals surface area contributed by atoms with E-state index in [0.29, 0.717) is 42.2 Å². The molecule has 0 radical (unpaired) electrons. The van der Waals surface area contributed by atoms with Gasteiger partial charge in [0.25, 0.3) is 0 Å². The second-order valence-electron chi connectivity index (χ2n) is 8.26. The van der Waals surface area contributed by atoms with Crippen LogP contribution >= 0.6 is 11.6 Å². The van der Waals surface area contributed by atoms with E-state index in [1.807, 2.05) is 35.9 Å². The first kappa shape index (κ1) is 20.1. The number of benzene rings is 1. The zero-order chi connectivity index (χ0) is 20.6. The summed E-state index contributed by atoms with van der Waals surface area (Å²) in [6.45, 7) is 6.63. The van der Waals surface area contributed by atoms with Gasteiger partial charge in [-0.3, -0.25) is 4.68 Å². The molecule has 2 heterocycles. The van der Waals surface area contributed by atoms with Crippen molar-refractivity contribution in [1.29, 1.82) is 0 Å². The maximum Gasteiger partial charge on any atom is 0.176 e. The molecule has 0 amide bonds. The molecule has 7 heteroatoms. The van der Waals surface area contributed by atoms with Crippen molar-refractivity contribution in [1.82, 2.24) is 14.9 Å². The van der Waals surface area contributed by atoms with E-state index in [0.717, 1.165) is 35.2 Å². The molecule has 3 aromatic rings. The first-order valence-electron chi connectivity index (χ1n) is 9.93. The molecule has 1 aliphatic carbocycles. The van der Waals surface area contributed by atoms with Crippen LogP contribution in [0.15, 0.2) is 35.0 Å². The topological polar surface area (TPSA) is 73.3 Å². The highest BCUT2D eigenvalue weighted by molar-refractivity contribution is 6.33. The van der Waals surface area contributed by atoms with Gasteiger partial charge in [0, 0.05) is 17.8 Å². The lowest BCUT2D eigenvalue weighted by Crippen LogP contribution is -2.21. The van der Waals surface area contributed by atoms with Crippen LogP contribution in [0.5, 0.6) is 0 Å². The number of aliphatic hydroxyl groups is 1. The van der Waals surface area contributed by atoms with Crippen LogP contribution in [-0.4, -0.2) is 31.7 Å². The molecule has 1 N–H and O–H groups in total. The van der Waals surface area contributed by atoms with Gasteiger partial charge in [0.15, 0.2) is 5.76 Å². The number of hydrogen-bond acceptors (Lipinski definition) is 5. The summed E-state index contributed by atoms with van der Waals surface area (Å²) in [5.74, 6) is 0.660. The quantitative estimate of drug-likeness (QED) is 0.560. The van der Waals surface area contributed by atoms with Crippen molar-refractivity contribution in [3.8, 4) is 22.6 Å². The lowest BCUT2D eigenvalue weighted by molar-refractivity contribution is 0.0649. The highest BCUT2D eigenvalue weighted by Crippen LogP contribution is 2.38. The summed E-state index contributed by atoms with van der Waals surface area (Å²) >= 11 is 6.42. The number of aryl methyl sites for hydroxylation is 1. The summed E-state index contributed by atoms with van der Waals surface area (Å²) in [5.41, 5.74) is 3.51. The highest BCUT2D eigenvalue weighted by Gasteiger charge is 2.27. The van der Waals surface area contributed by atoms with Crippen molar-refractivity contribution in [2.45, 2.75) is 64.9 Å². The number of hydrogen-bond donors (Lipinski definition) is 1. The molecular weight excluding hydrogens is 390 g/mol. The second-order valence-corrected chi connectivity index (χ2v) is 8.67. The average Bonchev–Trinajstić information content (AvgIpc) is 3.30. The van der Waals surface area contributed by atoms with Crippen LogP contribution < -0.4 is 0 Å². The van der Waals surface area contributed by atoms with Crippen LogP contribution in [0.2, 0.25) is 5.02 Å². The molecule has 154 valence electrons. The Hall–Kier alpha value is -2.15. The Labute approximate surface area is 175 Å². The first-order chi connectivity index (χ1) is 13.8. The molecule has 0 bridgehead atoms. The fourth-order valence-electron chi connectivity index (χ4n) is 3.23. The molecule has 0 atom stereocenters. The number of aromatic nitrogens is 3. The maximum atomic E-state index is 10.0. The Morgan fingerprint density at radius 1 is 1.28 bits per heavy atom. The summed E-state index contributed by atoms with van der Waals surface area (Å²) in [7, 11) is 0. The molecule has 1 fully saturated rings. The van der Waals surface area contributed by atoms with Crippen LogP contribution in [0, 0.1) is 6.92 Å². The van der Waals surface area contributed by atoms with Gasteiger partial charge in [-0.25, -0.2) is 0 Å². The fourth-order valence-corrected chi connectivity index (χ4v) is 3.46. The van der Waals surface area contributed by atoms with Gasteiger partial charge in [0.2, 0.25) is 0 Å². The van der Waals surface area contributed by atoms with E-state index in [-0.39, 0.29) is 0 Å². The lowest BCUT2D eigenvalue weighted by atomic mass is 10.0. The Bertz CT molecular complexity index is 999. The number of rotatable bonds is 8. The van der Waals surface area contributed by atoms with E-state index in [9.17, 15) is 5.11 Å². The monoisotopic (exact) mass is 415 g/mol. The molecule has 2 aromatic heterocycles. The smallest absolute Gasteiger partial charge is 0.176 e. The minimum Gasteiger partial charge on any atom is -0.390 e. The van der Waals surface area contributed by atoms with E-state index in [1.54, 1.807) is 20.0 Å². The number of nitrogens with zero attached hydrogens (tertiary/aromatic N) is 3. The standard InChI is InChI=1S/C22H26ClN3O3/c1-14-17(12-24-26(14)11-10-22(2,3)27)21-18(13-28-15-8-9-15)20(25-29-21)16-6-4-5-7-19(16)23/h4-7,12,15,27H,8-11,13H2,1-3H3. The van der Waals surface area contributed by atoms with Gasteiger partial charge in [-0.15, -0.1) is 0 Å². The molecule has 0 spiro atoms. The zero-order valence-corrected chi connectivity index (χ0v) is 17.7. The van der Waals surface area contributed by atoms with Crippen molar-refractivity contribution in [3.63, 3.8) is 0 Å². The summed E-state index contributed by atoms with van der Waals surface area (Å²) in [5, 5.41) is 19.5. The van der Waals surface area contributed by atoms with Gasteiger partial charge >= 0.3 is 0 Å². The zero-order valence-electron chi connectivity index (χ0n) is 17.0. The van der Waals surface area contributed by atoms with E-state index < -0.39 is 5.60 Å². The molecule has 1 saturated carbocycles. The van der Waals surface area contributed by atoms with E-state index >= 15 is 0 Å². The molecule has 4 rings (SSSR count). The maximum absolute atomic E-state index is 10.0. The van der Waals surface area contributed by atoms with Gasteiger partial charge in [-0.05, 0) is 46.1 Å². The van der Waals surface area contributed by atoms with Crippen molar-refractivity contribution in [2.75, 3.05) is 0 Å². The van der Waals surface area contributed by atoms with Crippen LogP contribution in [0.4, 0.5) is 0 Å². The van der Waals surface area contributed by atoms with Crippen molar-refractivity contribution < 1.29 is 14.4 Å². The lowest BCUT2D eigenvalue weighted by Gasteiger charge is -2.17. The van der Waals surface area contributed by atoms with Crippen LogP contribution in [0.1, 0.15) is 44.4 Å². The minimum atomic E-state index is -0.745. The molecule has 1 aliphatic rings. The van der Waals surface area contributed by atoms with E-state index in [2.05, 4.69) is 10.3 Å². The second kappa shape index (κ2) is 7.94. The molecule has 6 nitrogen and oxygen atoms in total. The molecule has 29 heavy (non-hydrogen) atoms. The van der Waals surface area contributed by atoms with Crippen molar-refractivity contribution >= 4 is 11.6 Å². The molecule has 0 unspecified atom stereocenters. The predicted molar refractivity (Wildman–Crippen MR) is 112 cm³/mol. The van der Waals surface area contributed by atoms with Gasteiger partial charge in [-0.2, -0.15) is 5.10 Å². The first-order valence-corrected chi connectivity index (χ1v) is 10.3. The van der Waals surface area contributed by atoms with Crippen molar-refractivity contribution in [3.05, 3.63) is 46.7 Å². The summed E-state index contributed by atoms with van der Waals surface area (Å²) in [6.07, 6.45) is 4.89. The predicted octanol–water partition coefficient (Wildman–Crippen LogP) is 5.01. The normalized spacial score (nSPS) is 14.5.